The summed E-state index contributed by atoms with van der Waals surface area (Å²) in [6, 6.07) is 4.03. The van der Waals surface area contributed by atoms with Crippen molar-refractivity contribution in [1.82, 2.24) is 4.90 Å². The molecule has 1 unspecified atom stereocenters. The second-order valence-corrected chi connectivity index (χ2v) is 6.02. The van der Waals surface area contributed by atoms with Gasteiger partial charge in [-0.25, -0.2) is 0 Å². The molecule has 1 fully saturated rings. The number of thiophene rings is 1. The minimum absolute atomic E-state index is 0.0388. The van der Waals surface area contributed by atoms with Gasteiger partial charge in [-0.2, -0.15) is 0 Å². The lowest BCUT2D eigenvalue weighted by atomic mass is 10.0. The number of Topliss-reactive ketones (excluding diaryl/α,β-unsaturated/α-hetero) is 1. The highest BCUT2D eigenvalue weighted by Crippen LogP contribution is 2.21. The van der Waals surface area contributed by atoms with Gasteiger partial charge in [-0.1, -0.05) is 13.3 Å². The van der Waals surface area contributed by atoms with E-state index in [2.05, 4.69) is 11.8 Å². The molecule has 0 aliphatic carbocycles. The van der Waals surface area contributed by atoms with Crippen molar-refractivity contribution in [2.75, 3.05) is 26.3 Å². The van der Waals surface area contributed by atoms with E-state index in [-0.39, 0.29) is 11.8 Å². The predicted molar refractivity (Wildman–Crippen MR) is 74.5 cm³/mol. The number of ketones is 1. The van der Waals surface area contributed by atoms with Crippen LogP contribution in [0.25, 0.3) is 0 Å². The minimum atomic E-state index is 0.0388. The Morgan fingerprint density at radius 2 is 2.17 bits per heavy atom. The molecule has 18 heavy (non-hydrogen) atoms. The zero-order chi connectivity index (χ0) is 13.0. The molecule has 1 aromatic rings. The van der Waals surface area contributed by atoms with Crippen LogP contribution in [0.2, 0.25) is 0 Å². The lowest BCUT2D eigenvalue weighted by Crippen LogP contribution is -2.47. The van der Waals surface area contributed by atoms with Crippen LogP contribution in [0.5, 0.6) is 0 Å². The Kier molecular flexibility index (Phi) is 4.92. The van der Waals surface area contributed by atoms with Crippen molar-refractivity contribution in [2.45, 2.75) is 32.7 Å². The second-order valence-electron chi connectivity index (χ2n) is 4.73. The summed E-state index contributed by atoms with van der Waals surface area (Å²) >= 11 is 1.61. The minimum Gasteiger partial charge on any atom is -0.379 e. The smallest absolute Gasteiger partial charge is 0.189 e. The Bertz CT molecular complexity index is 396. The van der Waals surface area contributed by atoms with Crippen LogP contribution in [0.1, 0.15) is 34.3 Å². The first-order valence-corrected chi connectivity index (χ1v) is 7.46. The third kappa shape index (κ3) is 3.19. The number of ether oxygens (including phenoxy) is 1. The largest absolute Gasteiger partial charge is 0.379 e. The Hall–Kier alpha value is -0.710. The summed E-state index contributed by atoms with van der Waals surface area (Å²) in [5.41, 5.74) is 0. The first-order chi connectivity index (χ1) is 8.72. The maximum Gasteiger partial charge on any atom is 0.189 e. The average molecular weight is 267 g/mol. The summed E-state index contributed by atoms with van der Waals surface area (Å²) in [4.78, 5) is 17.0. The number of hydrogen-bond donors (Lipinski definition) is 0. The van der Waals surface area contributed by atoms with E-state index < -0.39 is 0 Å². The van der Waals surface area contributed by atoms with Crippen LogP contribution in [0.4, 0.5) is 0 Å². The lowest BCUT2D eigenvalue weighted by Gasteiger charge is -2.33. The molecule has 2 heterocycles. The summed E-state index contributed by atoms with van der Waals surface area (Å²) in [5.74, 6) is 0.289. The Morgan fingerprint density at radius 1 is 1.44 bits per heavy atom. The van der Waals surface area contributed by atoms with Gasteiger partial charge in [-0.15, -0.1) is 11.3 Å². The van der Waals surface area contributed by atoms with E-state index in [0.717, 1.165) is 44.0 Å². The number of aryl methyl sites for hydroxylation is 1. The molecular weight excluding hydrogens is 246 g/mol. The molecule has 0 aromatic carbocycles. The van der Waals surface area contributed by atoms with Crippen molar-refractivity contribution in [1.29, 1.82) is 0 Å². The van der Waals surface area contributed by atoms with Crippen molar-refractivity contribution < 1.29 is 9.53 Å². The summed E-state index contributed by atoms with van der Waals surface area (Å²) in [6.07, 6.45) is 1.98. The fraction of sp³-hybridized carbons (Fsp3) is 0.643. The van der Waals surface area contributed by atoms with Gasteiger partial charge >= 0.3 is 0 Å². The summed E-state index contributed by atoms with van der Waals surface area (Å²) in [5, 5.41) is 0. The van der Waals surface area contributed by atoms with Gasteiger partial charge in [0.2, 0.25) is 0 Å². The first kappa shape index (κ1) is 13.7. The third-order valence-corrected chi connectivity index (χ3v) is 4.35. The molecule has 1 aliphatic heterocycles. The van der Waals surface area contributed by atoms with Crippen molar-refractivity contribution in [3.63, 3.8) is 0 Å². The third-order valence-electron chi connectivity index (χ3n) is 3.33. The topological polar surface area (TPSA) is 29.5 Å². The van der Waals surface area contributed by atoms with Crippen LogP contribution >= 0.6 is 11.3 Å². The van der Waals surface area contributed by atoms with E-state index in [9.17, 15) is 4.79 Å². The number of carbonyl (C=O) groups is 1. The molecule has 1 aromatic heterocycles. The van der Waals surface area contributed by atoms with Gasteiger partial charge in [0.05, 0.1) is 24.1 Å². The molecular formula is C14H21NO2S. The number of morpholine rings is 1. The first-order valence-electron chi connectivity index (χ1n) is 6.65. The highest BCUT2D eigenvalue weighted by molar-refractivity contribution is 7.14. The van der Waals surface area contributed by atoms with E-state index in [1.165, 1.54) is 4.88 Å². The van der Waals surface area contributed by atoms with Crippen LogP contribution in [0.3, 0.4) is 0 Å². The normalized spacial score (nSPS) is 18.8. The number of nitrogens with zero attached hydrogens (tertiary/aromatic N) is 1. The highest BCUT2D eigenvalue weighted by Gasteiger charge is 2.28. The molecule has 1 saturated heterocycles. The number of hydrogen-bond acceptors (Lipinski definition) is 4. The standard InChI is InChI=1S/C14H21NO2S/c1-3-4-12(15-7-9-17-10-8-15)14(16)13-6-5-11(2)18-13/h5-6,12H,3-4,7-10H2,1-2H3. The monoisotopic (exact) mass is 267 g/mol. The maximum atomic E-state index is 12.6. The fourth-order valence-electron chi connectivity index (χ4n) is 2.37. The molecule has 4 heteroatoms. The maximum absolute atomic E-state index is 12.6. The molecule has 100 valence electrons. The molecule has 1 atom stereocenters. The zero-order valence-electron chi connectivity index (χ0n) is 11.1. The quantitative estimate of drug-likeness (QED) is 0.768. The van der Waals surface area contributed by atoms with E-state index in [4.69, 9.17) is 4.74 Å². The van der Waals surface area contributed by atoms with Crippen LogP contribution in [-0.4, -0.2) is 43.0 Å². The fourth-order valence-corrected chi connectivity index (χ4v) is 3.23. The van der Waals surface area contributed by atoms with Crippen molar-refractivity contribution in [3.05, 3.63) is 21.9 Å². The number of carbonyl (C=O) groups excluding carboxylic acids is 1. The van der Waals surface area contributed by atoms with Gasteiger partial charge in [0, 0.05) is 18.0 Å². The van der Waals surface area contributed by atoms with Crippen LogP contribution in [-0.2, 0) is 4.74 Å². The zero-order valence-corrected chi connectivity index (χ0v) is 12.0. The van der Waals surface area contributed by atoms with E-state index in [1.807, 2.05) is 19.1 Å². The molecule has 0 amide bonds. The Balaban J connectivity index is 2.10. The Labute approximate surface area is 113 Å². The van der Waals surface area contributed by atoms with Crippen molar-refractivity contribution >= 4 is 17.1 Å². The average Bonchev–Trinajstić information content (AvgIpc) is 2.83. The Morgan fingerprint density at radius 3 is 2.72 bits per heavy atom. The van der Waals surface area contributed by atoms with Crippen LogP contribution in [0.15, 0.2) is 12.1 Å². The van der Waals surface area contributed by atoms with Gasteiger partial charge in [-0.3, -0.25) is 9.69 Å². The van der Waals surface area contributed by atoms with E-state index in [1.54, 1.807) is 11.3 Å². The molecule has 0 saturated carbocycles. The van der Waals surface area contributed by atoms with Crippen LogP contribution < -0.4 is 0 Å². The molecule has 0 bridgehead atoms. The number of rotatable bonds is 5. The lowest BCUT2D eigenvalue weighted by molar-refractivity contribution is 0.0161. The highest BCUT2D eigenvalue weighted by atomic mass is 32.1. The van der Waals surface area contributed by atoms with Crippen molar-refractivity contribution in [2.24, 2.45) is 0 Å². The van der Waals surface area contributed by atoms with E-state index >= 15 is 0 Å². The predicted octanol–water partition coefficient (Wildman–Crippen LogP) is 2.74. The summed E-state index contributed by atoms with van der Waals surface area (Å²) in [6.45, 7) is 7.43. The molecule has 1 aliphatic rings. The molecule has 3 nitrogen and oxygen atoms in total. The van der Waals surface area contributed by atoms with Gasteiger partial charge in [-0.05, 0) is 25.5 Å². The summed E-state index contributed by atoms with van der Waals surface area (Å²) in [7, 11) is 0. The van der Waals surface area contributed by atoms with E-state index in [0.29, 0.717) is 0 Å². The second kappa shape index (κ2) is 6.45. The van der Waals surface area contributed by atoms with Gasteiger partial charge in [0.1, 0.15) is 0 Å². The van der Waals surface area contributed by atoms with Crippen LogP contribution in [0, 0.1) is 6.92 Å². The molecule has 0 N–H and O–H groups in total. The van der Waals surface area contributed by atoms with Crippen molar-refractivity contribution in [3.8, 4) is 0 Å². The SMILES string of the molecule is CCCC(C(=O)c1ccc(C)s1)N1CCOCC1. The van der Waals surface area contributed by atoms with Gasteiger partial charge in [0.25, 0.3) is 0 Å². The van der Waals surface area contributed by atoms with Gasteiger partial charge in [0.15, 0.2) is 5.78 Å². The molecule has 2 rings (SSSR count). The van der Waals surface area contributed by atoms with Gasteiger partial charge < -0.3 is 4.74 Å². The summed E-state index contributed by atoms with van der Waals surface area (Å²) < 4.78 is 5.37. The molecule has 0 radical (unpaired) electrons. The molecule has 0 spiro atoms.